The summed E-state index contributed by atoms with van der Waals surface area (Å²) < 4.78 is 1.92. The van der Waals surface area contributed by atoms with Crippen LogP contribution in [-0.4, -0.2) is 21.3 Å². The number of hydrogen-bond acceptors (Lipinski definition) is 3. The van der Waals surface area contributed by atoms with Gasteiger partial charge in [0.05, 0.1) is 10.7 Å². The van der Waals surface area contributed by atoms with Crippen molar-refractivity contribution < 1.29 is 0 Å². The van der Waals surface area contributed by atoms with E-state index in [9.17, 15) is 0 Å². The molecule has 20 heavy (non-hydrogen) atoms. The van der Waals surface area contributed by atoms with E-state index >= 15 is 0 Å². The van der Waals surface area contributed by atoms with Gasteiger partial charge in [0.25, 0.3) is 0 Å². The lowest BCUT2D eigenvalue weighted by Crippen LogP contribution is -2.13. The number of aromatic nitrogens is 3. The number of nitrogens with one attached hydrogen (secondary N) is 1. The van der Waals surface area contributed by atoms with Crippen LogP contribution in [0.5, 0.6) is 0 Å². The highest BCUT2D eigenvalue weighted by molar-refractivity contribution is 6.31. The third-order valence-electron chi connectivity index (χ3n) is 3.26. The van der Waals surface area contributed by atoms with Gasteiger partial charge in [-0.2, -0.15) is 5.10 Å². The van der Waals surface area contributed by atoms with Crippen LogP contribution in [-0.2, 0) is 19.4 Å². The van der Waals surface area contributed by atoms with E-state index in [1.807, 2.05) is 10.7 Å². The summed E-state index contributed by atoms with van der Waals surface area (Å²) in [7, 11) is 0. The Balaban J connectivity index is 2.39. The third-order valence-corrected chi connectivity index (χ3v) is 3.60. The van der Waals surface area contributed by atoms with Crippen molar-refractivity contribution in [3.63, 3.8) is 0 Å². The Morgan fingerprint density at radius 2 is 2.00 bits per heavy atom. The van der Waals surface area contributed by atoms with Gasteiger partial charge in [0.15, 0.2) is 5.82 Å². The maximum Gasteiger partial charge on any atom is 0.154 e. The molecule has 0 aliphatic heterocycles. The van der Waals surface area contributed by atoms with Crippen LogP contribution >= 0.6 is 11.6 Å². The molecule has 0 aliphatic rings. The van der Waals surface area contributed by atoms with Gasteiger partial charge in [-0.1, -0.05) is 32.4 Å². The van der Waals surface area contributed by atoms with E-state index in [1.54, 1.807) is 6.20 Å². The maximum atomic E-state index is 6.19. The Labute approximate surface area is 125 Å². The fraction of sp³-hybridized carbons (Fsp3) is 0.467. The van der Waals surface area contributed by atoms with E-state index in [0.29, 0.717) is 5.02 Å². The lowest BCUT2D eigenvalue weighted by molar-refractivity contribution is 0.720. The quantitative estimate of drug-likeness (QED) is 0.889. The molecule has 4 nitrogen and oxygen atoms in total. The van der Waals surface area contributed by atoms with Crippen LogP contribution in [0.3, 0.4) is 0 Å². The van der Waals surface area contributed by atoms with Crippen LogP contribution in [0, 0.1) is 0 Å². The highest BCUT2D eigenvalue weighted by atomic mass is 35.5. The van der Waals surface area contributed by atoms with E-state index in [1.165, 1.54) is 5.69 Å². The van der Waals surface area contributed by atoms with Crippen molar-refractivity contribution >= 4 is 11.6 Å². The number of rotatable bonds is 6. The summed E-state index contributed by atoms with van der Waals surface area (Å²) in [4.78, 5) is 4.41. The van der Waals surface area contributed by atoms with Gasteiger partial charge in [-0.3, -0.25) is 0 Å². The van der Waals surface area contributed by atoms with E-state index in [-0.39, 0.29) is 0 Å². The van der Waals surface area contributed by atoms with Gasteiger partial charge in [-0.15, -0.1) is 0 Å². The largest absolute Gasteiger partial charge is 0.313 e. The van der Waals surface area contributed by atoms with Crippen molar-refractivity contribution in [1.82, 2.24) is 20.1 Å². The molecule has 108 valence electrons. The first kappa shape index (κ1) is 15.0. The zero-order valence-electron chi connectivity index (χ0n) is 12.3. The second kappa shape index (κ2) is 6.86. The van der Waals surface area contributed by atoms with E-state index in [2.05, 4.69) is 42.2 Å². The lowest BCUT2D eigenvalue weighted by Gasteiger charge is -2.09. The van der Waals surface area contributed by atoms with Gasteiger partial charge in [-0.05, 0) is 37.1 Å². The highest BCUT2D eigenvalue weighted by Gasteiger charge is 2.10. The fourth-order valence-corrected chi connectivity index (χ4v) is 2.25. The Morgan fingerprint density at radius 3 is 2.65 bits per heavy atom. The number of nitrogens with zero attached hydrogens (tertiary/aromatic N) is 3. The van der Waals surface area contributed by atoms with Crippen molar-refractivity contribution in [3.8, 4) is 5.82 Å². The molecule has 0 radical (unpaired) electrons. The Bertz CT molecular complexity index is 577. The number of halogens is 1. The summed E-state index contributed by atoms with van der Waals surface area (Å²) >= 11 is 6.19. The predicted molar refractivity (Wildman–Crippen MR) is 82.5 cm³/mol. The van der Waals surface area contributed by atoms with Crippen molar-refractivity contribution in [3.05, 3.63) is 40.3 Å². The van der Waals surface area contributed by atoms with Crippen molar-refractivity contribution in [2.75, 3.05) is 6.54 Å². The van der Waals surface area contributed by atoms with Gasteiger partial charge >= 0.3 is 0 Å². The molecule has 0 aliphatic carbocycles. The Kier molecular flexibility index (Phi) is 5.15. The summed E-state index contributed by atoms with van der Waals surface area (Å²) in [5.74, 6) is 0.832. The van der Waals surface area contributed by atoms with Crippen molar-refractivity contribution in [2.24, 2.45) is 0 Å². The summed E-state index contributed by atoms with van der Waals surface area (Å²) in [6, 6.07) is 4.15. The van der Waals surface area contributed by atoms with E-state index < -0.39 is 0 Å². The van der Waals surface area contributed by atoms with Gasteiger partial charge in [-0.25, -0.2) is 9.67 Å². The standard InChI is InChI=1S/C15H21ClN4/c1-4-12-8-13(5-2)20(19-12)15-7-11(9-17-6-3)14(16)10-18-15/h7-8,10,17H,4-6,9H2,1-3H3. The predicted octanol–water partition coefficient (Wildman–Crippen LogP) is 3.16. The summed E-state index contributed by atoms with van der Waals surface area (Å²) in [6.45, 7) is 7.97. The van der Waals surface area contributed by atoms with Crippen LogP contribution in [0.25, 0.3) is 5.82 Å². The van der Waals surface area contributed by atoms with Gasteiger partial charge in [0.2, 0.25) is 0 Å². The maximum absolute atomic E-state index is 6.19. The average molecular weight is 293 g/mol. The van der Waals surface area contributed by atoms with Crippen LogP contribution in [0.4, 0.5) is 0 Å². The average Bonchev–Trinajstić information content (AvgIpc) is 2.90. The normalized spacial score (nSPS) is 11.0. The summed E-state index contributed by atoms with van der Waals surface area (Å²) in [5, 5.41) is 8.59. The zero-order chi connectivity index (χ0) is 14.5. The van der Waals surface area contributed by atoms with Crippen LogP contribution in [0.1, 0.15) is 37.7 Å². The molecule has 0 saturated carbocycles. The molecule has 2 rings (SSSR count). The van der Waals surface area contributed by atoms with Crippen molar-refractivity contribution in [2.45, 2.75) is 40.2 Å². The molecule has 0 spiro atoms. The smallest absolute Gasteiger partial charge is 0.154 e. The monoisotopic (exact) mass is 292 g/mol. The zero-order valence-corrected chi connectivity index (χ0v) is 13.0. The molecule has 1 N–H and O–H groups in total. The third kappa shape index (κ3) is 3.19. The minimum atomic E-state index is 0.690. The lowest BCUT2D eigenvalue weighted by atomic mass is 10.2. The minimum absolute atomic E-state index is 0.690. The molecular weight excluding hydrogens is 272 g/mol. The fourth-order valence-electron chi connectivity index (χ4n) is 2.08. The van der Waals surface area contributed by atoms with Crippen LogP contribution in [0.15, 0.2) is 18.3 Å². The molecule has 0 saturated heterocycles. The number of aryl methyl sites for hydroxylation is 2. The molecule has 0 aromatic carbocycles. The van der Waals surface area contributed by atoms with E-state index in [0.717, 1.165) is 43.0 Å². The molecule has 5 heteroatoms. The Hall–Kier alpha value is -1.39. The molecule has 0 amide bonds. The second-order valence-electron chi connectivity index (χ2n) is 4.66. The van der Waals surface area contributed by atoms with Gasteiger partial charge < -0.3 is 5.32 Å². The molecule has 0 unspecified atom stereocenters. The number of pyridine rings is 1. The van der Waals surface area contributed by atoms with Crippen LogP contribution < -0.4 is 5.32 Å². The highest BCUT2D eigenvalue weighted by Crippen LogP contribution is 2.19. The first-order valence-electron chi connectivity index (χ1n) is 7.12. The number of hydrogen-bond donors (Lipinski definition) is 1. The van der Waals surface area contributed by atoms with Crippen molar-refractivity contribution in [1.29, 1.82) is 0 Å². The molecule has 2 aromatic heterocycles. The molecule has 0 bridgehead atoms. The van der Waals surface area contributed by atoms with E-state index in [4.69, 9.17) is 11.6 Å². The molecule has 2 aromatic rings. The topological polar surface area (TPSA) is 42.7 Å². The Morgan fingerprint density at radius 1 is 1.20 bits per heavy atom. The first-order valence-corrected chi connectivity index (χ1v) is 7.50. The first-order chi connectivity index (χ1) is 9.69. The molecule has 0 fully saturated rings. The molecule has 2 heterocycles. The van der Waals surface area contributed by atoms with Gasteiger partial charge in [0, 0.05) is 18.4 Å². The molecular formula is C15H21ClN4. The molecule has 0 atom stereocenters. The van der Waals surface area contributed by atoms with Crippen LogP contribution in [0.2, 0.25) is 5.02 Å². The summed E-state index contributed by atoms with van der Waals surface area (Å²) in [5.41, 5.74) is 3.31. The SMILES string of the molecule is CCNCc1cc(-n2nc(CC)cc2CC)ncc1Cl. The van der Waals surface area contributed by atoms with Gasteiger partial charge in [0.1, 0.15) is 0 Å². The second-order valence-corrected chi connectivity index (χ2v) is 5.07. The minimum Gasteiger partial charge on any atom is -0.313 e. The summed E-state index contributed by atoms with van der Waals surface area (Å²) in [6.07, 6.45) is 3.56.